The molecule has 1 aromatic carbocycles. The van der Waals surface area contributed by atoms with Crippen LogP contribution in [0.1, 0.15) is 32.4 Å². The fourth-order valence-corrected chi connectivity index (χ4v) is 2.57. The molecule has 0 spiro atoms. The molecule has 2 rings (SSSR count). The Morgan fingerprint density at radius 3 is 2.38 bits per heavy atom. The van der Waals surface area contributed by atoms with E-state index < -0.39 is 29.6 Å². The average molecular weight is 334 g/mol. The third kappa shape index (κ3) is 4.24. The number of hydrogen-bond donors (Lipinski definition) is 1. The van der Waals surface area contributed by atoms with Crippen molar-refractivity contribution in [3.63, 3.8) is 0 Å². The van der Waals surface area contributed by atoms with E-state index in [9.17, 15) is 14.4 Å². The van der Waals surface area contributed by atoms with Crippen LogP contribution in [-0.2, 0) is 14.3 Å². The standard InChI is InChI=1S/C17H22N2O5/c1-17(2,3)24-16(23)19-10-9-18(11-13(20)21)15(22)14(19)12-7-5-4-6-8-12/h4-8,14H,9-11H2,1-3H3,(H,20,21). The molecule has 130 valence electrons. The molecule has 7 nitrogen and oxygen atoms in total. The van der Waals surface area contributed by atoms with Gasteiger partial charge in [0.15, 0.2) is 0 Å². The average Bonchev–Trinajstić information content (AvgIpc) is 2.47. The van der Waals surface area contributed by atoms with E-state index in [1.54, 1.807) is 45.0 Å². The van der Waals surface area contributed by atoms with E-state index in [-0.39, 0.29) is 19.6 Å². The summed E-state index contributed by atoms with van der Waals surface area (Å²) in [6.07, 6.45) is -0.584. The van der Waals surface area contributed by atoms with Crippen LogP contribution in [0.25, 0.3) is 0 Å². The lowest BCUT2D eigenvalue weighted by Gasteiger charge is -2.40. The Labute approximate surface area is 140 Å². The highest BCUT2D eigenvalue weighted by Gasteiger charge is 2.40. The van der Waals surface area contributed by atoms with Crippen molar-refractivity contribution in [1.82, 2.24) is 9.80 Å². The first-order valence-electron chi connectivity index (χ1n) is 7.74. The van der Waals surface area contributed by atoms with E-state index in [0.717, 1.165) is 0 Å². The number of amides is 2. The van der Waals surface area contributed by atoms with Crippen LogP contribution in [0.2, 0.25) is 0 Å². The minimum absolute atomic E-state index is 0.160. The second-order valence-corrected chi connectivity index (χ2v) is 6.64. The van der Waals surface area contributed by atoms with Crippen LogP contribution in [-0.4, -0.2) is 58.1 Å². The lowest BCUT2D eigenvalue weighted by atomic mass is 10.0. The van der Waals surface area contributed by atoms with E-state index >= 15 is 0 Å². The van der Waals surface area contributed by atoms with Crippen molar-refractivity contribution in [3.05, 3.63) is 35.9 Å². The van der Waals surface area contributed by atoms with Gasteiger partial charge in [0.25, 0.3) is 5.91 Å². The Morgan fingerprint density at radius 1 is 1.21 bits per heavy atom. The minimum atomic E-state index is -1.08. The number of hydrogen-bond acceptors (Lipinski definition) is 4. The summed E-state index contributed by atoms with van der Waals surface area (Å²) in [7, 11) is 0. The molecule has 0 bridgehead atoms. The highest BCUT2D eigenvalue weighted by molar-refractivity contribution is 5.90. The van der Waals surface area contributed by atoms with Gasteiger partial charge in [-0.1, -0.05) is 30.3 Å². The number of rotatable bonds is 3. The van der Waals surface area contributed by atoms with Gasteiger partial charge in [-0.3, -0.25) is 14.5 Å². The Kier molecular flexibility index (Phi) is 5.11. The number of ether oxygens (including phenoxy) is 1. The number of carbonyl (C=O) groups excluding carboxylic acids is 2. The predicted molar refractivity (Wildman–Crippen MR) is 86.3 cm³/mol. The molecule has 1 aliphatic rings. The van der Waals surface area contributed by atoms with E-state index in [1.807, 2.05) is 6.07 Å². The molecule has 1 fully saturated rings. The number of carboxylic acids is 1. The van der Waals surface area contributed by atoms with E-state index in [0.29, 0.717) is 5.56 Å². The number of benzene rings is 1. The highest BCUT2D eigenvalue weighted by Crippen LogP contribution is 2.28. The summed E-state index contributed by atoms with van der Waals surface area (Å²) in [4.78, 5) is 38.8. The van der Waals surface area contributed by atoms with Gasteiger partial charge in [0, 0.05) is 13.1 Å². The van der Waals surface area contributed by atoms with Gasteiger partial charge in [0.2, 0.25) is 0 Å². The number of nitrogens with zero attached hydrogens (tertiary/aromatic N) is 2. The predicted octanol–water partition coefficient (Wildman–Crippen LogP) is 1.89. The summed E-state index contributed by atoms with van der Waals surface area (Å²) in [6, 6.07) is 7.95. The van der Waals surface area contributed by atoms with Crippen molar-refractivity contribution < 1.29 is 24.2 Å². The fourth-order valence-electron chi connectivity index (χ4n) is 2.57. The van der Waals surface area contributed by atoms with Crippen molar-refractivity contribution in [1.29, 1.82) is 0 Å². The maximum atomic E-state index is 12.8. The molecule has 1 N–H and O–H groups in total. The molecule has 0 aliphatic carbocycles. The van der Waals surface area contributed by atoms with Gasteiger partial charge in [-0.15, -0.1) is 0 Å². The van der Waals surface area contributed by atoms with E-state index in [2.05, 4.69) is 0 Å². The summed E-state index contributed by atoms with van der Waals surface area (Å²) in [5, 5.41) is 8.97. The summed E-state index contributed by atoms with van der Waals surface area (Å²) in [5.74, 6) is -1.50. The van der Waals surface area contributed by atoms with Crippen molar-refractivity contribution in [2.24, 2.45) is 0 Å². The van der Waals surface area contributed by atoms with Gasteiger partial charge in [0.05, 0.1) is 0 Å². The minimum Gasteiger partial charge on any atom is -0.480 e. The zero-order valence-corrected chi connectivity index (χ0v) is 14.1. The summed E-state index contributed by atoms with van der Waals surface area (Å²) in [5.41, 5.74) is -0.0528. The topological polar surface area (TPSA) is 87.2 Å². The number of aliphatic carboxylic acids is 1. The molecule has 1 heterocycles. The van der Waals surface area contributed by atoms with Gasteiger partial charge in [-0.2, -0.15) is 0 Å². The van der Waals surface area contributed by atoms with Crippen LogP contribution in [0, 0.1) is 0 Å². The molecule has 2 amide bonds. The molecule has 1 saturated heterocycles. The van der Waals surface area contributed by atoms with Gasteiger partial charge >= 0.3 is 12.1 Å². The molecule has 1 aliphatic heterocycles. The van der Waals surface area contributed by atoms with E-state index in [4.69, 9.17) is 9.84 Å². The number of carboxylic acid groups (broad SMARTS) is 1. The van der Waals surface area contributed by atoms with Crippen LogP contribution in [0.5, 0.6) is 0 Å². The molecule has 1 atom stereocenters. The molecular weight excluding hydrogens is 312 g/mol. The van der Waals surface area contributed by atoms with E-state index in [1.165, 1.54) is 9.80 Å². The smallest absolute Gasteiger partial charge is 0.411 e. The molecule has 1 aromatic rings. The summed E-state index contributed by atoms with van der Waals surface area (Å²) < 4.78 is 5.39. The first-order chi connectivity index (χ1) is 11.2. The van der Waals surface area contributed by atoms with Crippen molar-refractivity contribution in [3.8, 4) is 0 Å². The quantitative estimate of drug-likeness (QED) is 0.912. The largest absolute Gasteiger partial charge is 0.480 e. The Morgan fingerprint density at radius 2 is 1.83 bits per heavy atom. The maximum absolute atomic E-state index is 12.8. The second-order valence-electron chi connectivity index (χ2n) is 6.64. The number of carbonyl (C=O) groups is 3. The Bertz CT molecular complexity index is 624. The molecule has 0 aromatic heterocycles. The molecule has 24 heavy (non-hydrogen) atoms. The second kappa shape index (κ2) is 6.90. The zero-order valence-electron chi connectivity index (χ0n) is 14.1. The summed E-state index contributed by atoms with van der Waals surface area (Å²) in [6.45, 7) is 5.26. The SMILES string of the molecule is CC(C)(C)OC(=O)N1CCN(CC(=O)O)C(=O)C1c1ccccc1. The van der Waals surface area contributed by atoms with Crippen LogP contribution in [0.15, 0.2) is 30.3 Å². The van der Waals surface area contributed by atoms with Crippen LogP contribution in [0.3, 0.4) is 0 Å². The fraction of sp³-hybridized carbons (Fsp3) is 0.471. The lowest BCUT2D eigenvalue weighted by molar-refractivity contribution is -0.150. The first-order valence-corrected chi connectivity index (χ1v) is 7.74. The first kappa shape index (κ1) is 17.8. The zero-order chi connectivity index (χ0) is 17.9. The Balaban J connectivity index is 2.31. The lowest BCUT2D eigenvalue weighted by Crippen LogP contribution is -2.55. The third-order valence-corrected chi connectivity index (χ3v) is 3.54. The van der Waals surface area contributed by atoms with Crippen LogP contribution in [0.4, 0.5) is 4.79 Å². The molecule has 7 heteroatoms. The molecule has 0 radical (unpaired) electrons. The maximum Gasteiger partial charge on any atom is 0.411 e. The molecule has 0 saturated carbocycles. The highest BCUT2D eigenvalue weighted by atomic mass is 16.6. The summed E-state index contributed by atoms with van der Waals surface area (Å²) >= 11 is 0. The van der Waals surface area contributed by atoms with Gasteiger partial charge < -0.3 is 14.7 Å². The van der Waals surface area contributed by atoms with Gasteiger partial charge in [-0.05, 0) is 26.3 Å². The van der Waals surface area contributed by atoms with Crippen molar-refractivity contribution >= 4 is 18.0 Å². The van der Waals surface area contributed by atoms with Crippen LogP contribution >= 0.6 is 0 Å². The molecular formula is C17H22N2O5. The van der Waals surface area contributed by atoms with Crippen molar-refractivity contribution in [2.75, 3.05) is 19.6 Å². The van der Waals surface area contributed by atoms with Crippen LogP contribution < -0.4 is 0 Å². The normalized spacial score (nSPS) is 18.5. The number of piperazine rings is 1. The monoisotopic (exact) mass is 334 g/mol. The molecule has 1 unspecified atom stereocenters. The third-order valence-electron chi connectivity index (χ3n) is 3.54. The van der Waals surface area contributed by atoms with Gasteiger partial charge in [-0.25, -0.2) is 4.79 Å². The van der Waals surface area contributed by atoms with Gasteiger partial charge in [0.1, 0.15) is 18.2 Å². The Hall–Kier alpha value is -2.57. The van der Waals surface area contributed by atoms with Crippen molar-refractivity contribution in [2.45, 2.75) is 32.4 Å².